The Morgan fingerprint density at radius 1 is 0.978 bits per heavy atom. The fourth-order valence-electron chi connectivity index (χ4n) is 4.71. The predicted octanol–water partition coefficient (Wildman–Crippen LogP) is 8.91. The molecule has 1 aliphatic rings. The van der Waals surface area contributed by atoms with Gasteiger partial charge in [0, 0.05) is 41.6 Å². The number of nitrogens with zero attached hydrogens (tertiary/aromatic N) is 2. The van der Waals surface area contributed by atoms with Gasteiger partial charge in [0.2, 0.25) is 0 Å². The summed E-state index contributed by atoms with van der Waals surface area (Å²) in [5.74, 6) is 0.527. The van der Waals surface area contributed by atoms with E-state index >= 15 is 0 Å². The summed E-state index contributed by atoms with van der Waals surface area (Å²) in [5, 5.41) is 11.5. The highest BCUT2D eigenvalue weighted by Gasteiger charge is 2.29. The summed E-state index contributed by atoms with van der Waals surface area (Å²) >= 11 is 0. The molecule has 2 aromatic rings. The highest BCUT2D eigenvalue weighted by molar-refractivity contribution is 8.77. The maximum absolute atomic E-state index is 13.1. The van der Waals surface area contributed by atoms with E-state index in [-0.39, 0.29) is 10.7 Å². The Balaban J connectivity index is 1.53. The van der Waals surface area contributed by atoms with Crippen molar-refractivity contribution in [2.24, 2.45) is 15.6 Å². The average molecular weight is 656 g/mol. The van der Waals surface area contributed by atoms with Crippen molar-refractivity contribution < 1.29 is 23.8 Å². The Kier molecular flexibility index (Phi) is 13.1. The van der Waals surface area contributed by atoms with E-state index in [1.165, 1.54) is 0 Å². The Bertz CT molecular complexity index is 1380. The van der Waals surface area contributed by atoms with Crippen LogP contribution in [0.1, 0.15) is 90.2 Å². The van der Waals surface area contributed by atoms with Crippen molar-refractivity contribution in [1.29, 1.82) is 0 Å². The molecule has 0 fully saturated rings. The first kappa shape index (κ1) is 36.6. The van der Waals surface area contributed by atoms with Crippen LogP contribution < -0.4 is 5.32 Å². The Morgan fingerprint density at radius 2 is 1.64 bits per heavy atom. The van der Waals surface area contributed by atoms with Crippen LogP contribution >= 0.6 is 21.6 Å². The molecule has 0 spiro atoms. The SMILES string of the molecule is C/N=N\C1=C(/C)c2ccccc2C(OC(=O)NCCC(C)(C)OCC(C)(C)SSCCOC(=O)C(C)(C)C)Cc2ccccc21. The van der Waals surface area contributed by atoms with E-state index in [4.69, 9.17) is 14.2 Å². The first-order valence-corrected chi connectivity index (χ1v) is 17.7. The second-order valence-electron chi connectivity index (χ2n) is 13.4. The van der Waals surface area contributed by atoms with Crippen LogP contribution in [0.3, 0.4) is 0 Å². The van der Waals surface area contributed by atoms with Gasteiger partial charge >= 0.3 is 12.1 Å². The van der Waals surface area contributed by atoms with Crippen molar-refractivity contribution in [2.45, 2.75) is 84.7 Å². The number of azo groups is 1. The number of hydrogen-bond donors (Lipinski definition) is 1. The molecular formula is C35H49N3O5S2. The van der Waals surface area contributed by atoms with Crippen molar-refractivity contribution in [1.82, 2.24) is 5.32 Å². The van der Waals surface area contributed by atoms with Gasteiger partial charge in [-0.1, -0.05) is 70.1 Å². The second kappa shape index (κ2) is 16.1. The maximum Gasteiger partial charge on any atom is 0.407 e. The van der Waals surface area contributed by atoms with Crippen molar-refractivity contribution >= 4 is 44.9 Å². The number of amides is 1. The van der Waals surface area contributed by atoms with E-state index in [0.29, 0.717) is 38.4 Å². The average Bonchev–Trinajstić information content (AvgIpc) is 2.97. The molecule has 0 aliphatic heterocycles. The lowest BCUT2D eigenvalue weighted by Gasteiger charge is -2.31. The first-order chi connectivity index (χ1) is 21.1. The zero-order valence-corrected chi connectivity index (χ0v) is 29.8. The van der Waals surface area contributed by atoms with Crippen LogP contribution in [0.25, 0.3) is 11.3 Å². The van der Waals surface area contributed by atoms with E-state index in [0.717, 1.165) is 33.5 Å². The van der Waals surface area contributed by atoms with Gasteiger partial charge < -0.3 is 19.5 Å². The van der Waals surface area contributed by atoms with E-state index in [1.54, 1.807) is 28.6 Å². The molecule has 1 amide bonds. The van der Waals surface area contributed by atoms with Crippen molar-refractivity contribution in [3.8, 4) is 0 Å². The molecule has 0 saturated carbocycles. The van der Waals surface area contributed by atoms with Crippen LogP contribution in [0.5, 0.6) is 0 Å². The fraction of sp³-hybridized carbons (Fsp3) is 0.543. The van der Waals surface area contributed by atoms with Gasteiger partial charge in [0.25, 0.3) is 0 Å². The van der Waals surface area contributed by atoms with Crippen LogP contribution in [0, 0.1) is 5.41 Å². The van der Waals surface area contributed by atoms with Gasteiger partial charge in [-0.3, -0.25) is 4.79 Å². The Labute approximate surface area is 276 Å². The Morgan fingerprint density at radius 3 is 2.33 bits per heavy atom. The van der Waals surface area contributed by atoms with Gasteiger partial charge in [-0.15, -0.1) is 0 Å². The highest BCUT2D eigenvalue weighted by Crippen LogP contribution is 2.39. The minimum absolute atomic E-state index is 0.144. The standard InChI is InChI=1S/C35H49N3O5S2/c1-24-26-15-12-13-17-28(26)29(22-25-14-10-11-16-27(25)30(24)38-36-9)43-32(40)37-19-18-34(5,6)42-23-35(7,8)45-44-21-20-41-31(39)33(2,3)4/h10-17,29H,18-23H2,1-9H3,(H,37,40)/b30-24+,38-36-. The molecule has 3 rings (SSSR count). The topological polar surface area (TPSA) is 98.6 Å². The molecular weight excluding hydrogens is 607 g/mol. The molecule has 0 aromatic heterocycles. The van der Waals surface area contributed by atoms with Crippen LogP contribution in [-0.2, 0) is 25.4 Å². The second-order valence-corrected chi connectivity index (χ2v) is 16.5. The number of fused-ring (bicyclic) bond motifs is 2. The van der Waals surface area contributed by atoms with Gasteiger partial charge in [0.05, 0.1) is 23.3 Å². The highest BCUT2D eigenvalue weighted by atomic mass is 33.1. The molecule has 0 radical (unpaired) electrons. The van der Waals surface area contributed by atoms with Crippen molar-refractivity contribution in [2.75, 3.05) is 32.6 Å². The lowest BCUT2D eigenvalue weighted by molar-refractivity contribution is -0.152. The zero-order chi connectivity index (χ0) is 33.3. The third-order valence-electron chi connectivity index (χ3n) is 7.30. The number of allylic oxidation sites excluding steroid dienone is 1. The summed E-state index contributed by atoms with van der Waals surface area (Å²) in [5.41, 5.74) is 4.85. The third kappa shape index (κ3) is 11.2. The van der Waals surface area contributed by atoms with E-state index < -0.39 is 23.2 Å². The van der Waals surface area contributed by atoms with Gasteiger partial charge in [0.1, 0.15) is 12.7 Å². The quantitative estimate of drug-likeness (QED) is 0.0996. The summed E-state index contributed by atoms with van der Waals surface area (Å²) < 4.78 is 17.6. The maximum atomic E-state index is 13.1. The van der Waals surface area contributed by atoms with Crippen LogP contribution in [0.4, 0.5) is 4.79 Å². The molecule has 1 aliphatic carbocycles. The van der Waals surface area contributed by atoms with Crippen molar-refractivity contribution in [3.63, 3.8) is 0 Å². The molecule has 2 aromatic carbocycles. The number of ether oxygens (including phenoxy) is 3. The number of alkyl carbamates (subject to hydrolysis) is 1. The summed E-state index contributed by atoms with van der Waals surface area (Å²) in [6, 6.07) is 16.1. The minimum Gasteiger partial charge on any atom is -0.464 e. The number of rotatable bonds is 13. The van der Waals surface area contributed by atoms with Gasteiger partial charge in [0.15, 0.2) is 0 Å². The van der Waals surface area contributed by atoms with E-state index in [9.17, 15) is 9.59 Å². The molecule has 0 bridgehead atoms. The smallest absolute Gasteiger partial charge is 0.407 e. The molecule has 1 atom stereocenters. The van der Waals surface area contributed by atoms with Crippen LogP contribution in [0.2, 0.25) is 0 Å². The summed E-state index contributed by atoms with van der Waals surface area (Å²) in [4.78, 5) is 25.0. The summed E-state index contributed by atoms with van der Waals surface area (Å²) in [6.07, 6.45) is 0.220. The lowest BCUT2D eigenvalue weighted by atomic mass is 9.86. The van der Waals surface area contributed by atoms with E-state index in [2.05, 4.69) is 35.5 Å². The molecule has 10 heteroatoms. The fourth-order valence-corrected chi connectivity index (χ4v) is 6.93. The largest absolute Gasteiger partial charge is 0.464 e. The van der Waals surface area contributed by atoms with Gasteiger partial charge in [-0.05, 0) is 78.5 Å². The lowest BCUT2D eigenvalue weighted by Crippen LogP contribution is -2.36. The summed E-state index contributed by atoms with van der Waals surface area (Å²) in [7, 11) is 5.06. The van der Waals surface area contributed by atoms with Crippen LogP contribution in [-0.4, -0.2) is 55.0 Å². The zero-order valence-electron chi connectivity index (χ0n) is 28.2. The summed E-state index contributed by atoms with van der Waals surface area (Å²) in [6.45, 7) is 17.3. The number of benzene rings is 2. The predicted molar refractivity (Wildman–Crippen MR) is 186 cm³/mol. The van der Waals surface area contributed by atoms with Gasteiger partial charge in [-0.2, -0.15) is 10.2 Å². The first-order valence-electron chi connectivity index (χ1n) is 15.4. The van der Waals surface area contributed by atoms with Crippen molar-refractivity contribution in [3.05, 3.63) is 70.8 Å². The minimum atomic E-state index is -0.488. The van der Waals surface area contributed by atoms with E-state index in [1.807, 2.05) is 84.0 Å². The molecule has 45 heavy (non-hydrogen) atoms. The number of esters is 1. The van der Waals surface area contributed by atoms with Crippen LogP contribution in [0.15, 0.2) is 58.8 Å². The van der Waals surface area contributed by atoms with Gasteiger partial charge in [-0.25, -0.2) is 4.79 Å². The number of carbonyl (C=O) groups excluding carboxylic acids is 2. The number of carbonyl (C=O) groups is 2. The molecule has 0 saturated heterocycles. The number of nitrogens with one attached hydrogen (secondary N) is 1. The normalized spacial score (nSPS) is 17.2. The Hall–Kier alpha value is -2.82. The molecule has 8 nitrogen and oxygen atoms in total. The monoisotopic (exact) mass is 655 g/mol. The third-order valence-corrected chi connectivity index (χ3v) is 10.5. The molecule has 1 unspecified atom stereocenters. The molecule has 0 heterocycles. The number of hydrogen-bond acceptors (Lipinski definition) is 9. The molecule has 1 N–H and O–H groups in total. The molecule has 246 valence electrons.